The summed E-state index contributed by atoms with van der Waals surface area (Å²) in [5.41, 5.74) is 1.75. The summed E-state index contributed by atoms with van der Waals surface area (Å²) in [5.74, 6) is 0.433. The first-order valence-corrected chi connectivity index (χ1v) is 4.00. The van der Waals surface area contributed by atoms with Crippen molar-refractivity contribution in [1.82, 2.24) is 4.98 Å². The van der Waals surface area contributed by atoms with Gasteiger partial charge in [-0.3, -0.25) is 15.3 Å². The third-order valence-corrected chi connectivity index (χ3v) is 1.74. The predicted molar refractivity (Wildman–Crippen MR) is 48.5 cm³/mol. The first-order valence-electron chi connectivity index (χ1n) is 4.00. The Balaban J connectivity index is 2.86. The molecule has 3 nitrogen and oxygen atoms in total. The molecule has 0 saturated heterocycles. The zero-order chi connectivity index (χ0) is 9.14. The Morgan fingerprint density at radius 3 is 2.42 bits per heavy atom. The Kier molecular flexibility index (Phi) is 2.65. The van der Waals surface area contributed by atoms with E-state index < -0.39 is 0 Å². The lowest BCUT2D eigenvalue weighted by Crippen LogP contribution is -2.10. The second-order valence-electron chi connectivity index (χ2n) is 3.12. The topological polar surface area (TPSA) is 36.4 Å². The molecule has 0 aliphatic heterocycles. The van der Waals surface area contributed by atoms with Crippen LogP contribution in [0.5, 0.6) is 0 Å². The Morgan fingerprint density at radius 1 is 1.42 bits per heavy atom. The molecule has 1 heterocycles. The van der Waals surface area contributed by atoms with E-state index in [1.807, 2.05) is 12.1 Å². The number of pyridine rings is 1. The molecule has 0 spiro atoms. The summed E-state index contributed by atoms with van der Waals surface area (Å²) >= 11 is 0. The fourth-order valence-electron chi connectivity index (χ4n) is 0.930. The normalized spacial score (nSPS) is 10.4. The van der Waals surface area contributed by atoms with Crippen molar-refractivity contribution in [2.45, 2.75) is 19.8 Å². The average molecular weight is 166 g/mol. The van der Waals surface area contributed by atoms with Crippen LogP contribution in [0.3, 0.4) is 0 Å². The third-order valence-electron chi connectivity index (χ3n) is 1.74. The van der Waals surface area contributed by atoms with Crippen LogP contribution < -0.4 is 5.06 Å². The highest BCUT2D eigenvalue weighted by atomic mass is 16.5. The zero-order valence-corrected chi connectivity index (χ0v) is 7.65. The number of nitrogens with zero attached hydrogens (tertiary/aromatic N) is 2. The molecular weight excluding hydrogens is 152 g/mol. The van der Waals surface area contributed by atoms with Gasteiger partial charge in [-0.25, -0.2) is 0 Å². The third kappa shape index (κ3) is 1.95. The minimum Gasteiger partial charge on any atom is -0.289 e. The first-order chi connectivity index (χ1) is 5.61. The van der Waals surface area contributed by atoms with Crippen molar-refractivity contribution >= 4 is 5.69 Å². The maximum Gasteiger partial charge on any atom is 0.0814 e. The summed E-state index contributed by atoms with van der Waals surface area (Å²) in [7, 11) is 1.58. The molecule has 0 radical (unpaired) electrons. The van der Waals surface area contributed by atoms with Crippen LogP contribution in [0.2, 0.25) is 0 Å². The molecule has 1 rings (SSSR count). The monoisotopic (exact) mass is 166 g/mol. The minimum absolute atomic E-state index is 0.433. The van der Waals surface area contributed by atoms with Crippen LogP contribution in [-0.2, 0) is 0 Å². The van der Waals surface area contributed by atoms with E-state index in [9.17, 15) is 0 Å². The summed E-state index contributed by atoms with van der Waals surface area (Å²) < 4.78 is 0. The van der Waals surface area contributed by atoms with E-state index in [1.165, 1.54) is 0 Å². The van der Waals surface area contributed by atoms with Crippen LogP contribution in [0.1, 0.15) is 25.5 Å². The fraction of sp³-hybridized carbons (Fsp3) is 0.444. The van der Waals surface area contributed by atoms with Crippen molar-refractivity contribution in [3.05, 3.63) is 24.0 Å². The molecule has 66 valence electrons. The molecule has 0 atom stereocenters. The van der Waals surface area contributed by atoms with Gasteiger partial charge in [0.1, 0.15) is 0 Å². The number of anilines is 1. The molecule has 1 aromatic heterocycles. The quantitative estimate of drug-likeness (QED) is 0.683. The lowest BCUT2D eigenvalue weighted by molar-refractivity contribution is 0.279. The fourth-order valence-corrected chi connectivity index (χ4v) is 0.930. The molecule has 0 amide bonds. The van der Waals surface area contributed by atoms with Gasteiger partial charge in [0, 0.05) is 12.7 Å². The van der Waals surface area contributed by atoms with E-state index in [2.05, 4.69) is 18.8 Å². The SMILES string of the molecule is CC(C)c1ccc(N(C)O)cn1. The van der Waals surface area contributed by atoms with Crippen molar-refractivity contribution < 1.29 is 5.21 Å². The summed E-state index contributed by atoms with van der Waals surface area (Å²) in [6, 6.07) is 3.77. The average Bonchev–Trinajstić information content (AvgIpc) is 2.04. The van der Waals surface area contributed by atoms with E-state index in [0.29, 0.717) is 11.6 Å². The van der Waals surface area contributed by atoms with E-state index >= 15 is 0 Å². The number of aromatic nitrogens is 1. The first kappa shape index (κ1) is 9.00. The second-order valence-corrected chi connectivity index (χ2v) is 3.12. The molecule has 1 aromatic rings. The van der Waals surface area contributed by atoms with Gasteiger partial charge in [-0.05, 0) is 18.1 Å². The van der Waals surface area contributed by atoms with Crippen LogP contribution in [0.25, 0.3) is 0 Å². The Labute approximate surface area is 72.6 Å². The predicted octanol–water partition coefficient (Wildman–Crippen LogP) is 2.03. The summed E-state index contributed by atoms with van der Waals surface area (Å²) in [5, 5.41) is 10.1. The second kappa shape index (κ2) is 3.54. The maximum atomic E-state index is 9.05. The summed E-state index contributed by atoms with van der Waals surface area (Å²) in [6.45, 7) is 4.18. The molecule has 0 unspecified atom stereocenters. The smallest absolute Gasteiger partial charge is 0.0814 e. The standard InChI is InChI=1S/C9H14N2O/c1-7(2)9-5-4-8(6-10-9)11(3)12/h4-7,12H,1-3H3. The summed E-state index contributed by atoms with van der Waals surface area (Å²) in [4.78, 5) is 4.20. The van der Waals surface area contributed by atoms with Gasteiger partial charge in [0.15, 0.2) is 0 Å². The van der Waals surface area contributed by atoms with Gasteiger partial charge in [-0.2, -0.15) is 0 Å². The van der Waals surface area contributed by atoms with Gasteiger partial charge < -0.3 is 0 Å². The van der Waals surface area contributed by atoms with E-state index in [4.69, 9.17) is 5.21 Å². The van der Waals surface area contributed by atoms with E-state index in [0.717, 1.165) is 10.8 Å². The molecule has 1 N–H and O–H groups in total. The number of rotatable bonds is 2. The largest absolute Gasteiger partial charge is 0.289 e. The van der Waals surface area contributed by atoms with Crippen molar-refractivity contribution in [1.29, 1.82) is 0 Å². The highest BCUT2D eigenvalue weighted by Gasteiger charge is 2.01. The van der Waals surface area contributed by atoms with Gasteiger partial charge >= 0.3 is 0 Å². The van der Waals surface area contributed by atoms with Crippen LogP contribution in [0, 0.1) is 0 Å². The van der Waals surface area contributed by atoms with Crippen molar-refractivity contribution in [3.63, 3.8) is 0 Å². The molecule has 0 bridgehead atoms. The Hall–Kier alpha value is -1.09. The van der Waals surface area contributed by atoms with Gasteiger partial charge in [-0.15, -0.1) is 0 Å². The number of hydroxylamine groups is 1. The highest BCUT2D eigenvalue weighted by molar-refractivity contribution is 5.40. The molecule has 0 aromatic carbocycles. The number of hydrogen-bond donors (Lipinski definition) is 1. The molecule has 0 aliphatic rings. The van der Waals surface area contributed by atoms with E-state index in [1.54, 1.807) is 13.2 Å². The molecule has 0 fully saturated rings. The lowest BCUT2D eigenvalue weighted by Gasteiger charge is -2.10. The maximum absolute atomic E-state index is 9.05. The minimum atomic E-state index is 0.433. The molecule has 0 saturated carbocycles. The Morgan fingerprint density at radius 2 is 2.08 bits per heavy atom. The van der Waals surface area contributed by atoms with Gasteiger partial charge in [0.25, 0.3) is 0 Å². The molecule has 0 aliphatic carbocycles. The van der Waals surface area contributed by atoms with Crippen LogP contribution >= 0.6 is 0 Å². The Bertz CT molecular complexity index is 214. The highest BCUT2D eigenvalue weighted by Crippen LogP contribution is 2.14. The van der Waals surface area contributed by atoms with Crippen molar-refractivity contribution in [3.8, 4) is 0 Å². The van der Waals surface area contributed by atoms with Gasteiger partial charge in [-0.1, -0.05) is 13.8 Å². The molecule has 12 heavy (non-hydrogen) atoms. The van der Waals surface area contributed by atoms with Gasteiger partial charge in [0.2, 0.25) is 0 Å². The van der Waals surface area contributed by atoms with Crippen LogP contribution in [0.4, 0.5) is 5.69 Å². The van der Waals surface area contributed by atoms with Crippen LogP contribution in [0.15, 0.2) is 18.3 Å². The van der Waals surface area contributed by atoms with Gasteiger partial charge in [0.05, 0.1) is 11.9 Å². The van der Waals surface area contributed by atoms with E-state index in [-0.39, 0.29) is 0 Å². The molecule has 3 heteroatoms. The van der Waals surface area contributed by atoms with Crippen molar-refractivity contribution in [2.75, 3.05) is 12.1 Å². The zero-order valence-electron chi connectivity index (χ0n) is 7.65. The summed E-state index contributed by atoms with van der Waals surface area (Å²) in [6.07, 6.45) is 1.66. The lowest BCUT2D eigenvalue weighted by atomic mass is 10.1. The van der Waals surface area contributed by atoms with Crippen LogP contribution in [-0.4, -0.2) is 17.2 Å². The number of hydrogen-bond acceptors (Lipinski definition) is 3. The van der Waals surface area contributed by atoms with Crippen molar-refractivity contribution in [2.24, 2.45) is 0 Å². The molecular formula is C9H14N2O.